The average molecular weight is 475 g/mol. The van der Waals surface area contributed by atoms with Crippen molar-refractivity contribution in [1.29, 1.82) is 0 Å². The number of piperidine rings is 1. The van der Waals surface area contributed by atoms with Crippen molar-refractivity contribution in [2.24, 2.45) is 0 Å². The molecule has 0 atom stereocenters. The minimum atomic E-state index is -0.0770. The number of carbonyl (C=O) groups excluding carboxylic acids is 1. The number of aryl methyl sites for hydroxylation is 1. The van der Waals surface area contributed by atoms with Crippen LogP contribution in [0.1, 0.15) is 34.3 Å². The molecule has 0 unspecified atom stereocenters. The van der Waals surface area contributed by atoms with Gasteiger partial charge < -0.3 is 19.1 Å². The summed E-state index contributed by atoms with van der Waals surface area (Å²) in [6, 6.07) is 21.8. The van der Waals surface area contributed by atoms with E-state index in [4.69, 9.17) is 14.2 Å². The summed E-state index contributed by atoms with van der Waals surface area (Å²) in [5, 5.41) is 0. The number of hydrogen-bond acceptors (Lipinski definition) is 5. The monoisotopic (exact) mass is 474 g/mol. The lowest BCUT2D eigenvalue weighted by Crippen LogP contribution is -2.47. The minimum absolute atomic E-state index is 0.0549. The maximum atomic E-state index is 13.9. The summed E-state index contributed by atoms with van der Waals surface area (Å²) in [5.74, 6) is 1.72. The van der Waals surface area contributed by atoms with Crippen LogP contribution in [0.2, 0.25) is 0 Å². The largest absolute Gasteiger partial charge is 0.496 e. The number of likely N-dealkylation sites (tertiary alicyclic amines) is 1. The molecule has 3 aromatic rings. The van der Waals surface area contributed by atoms with E-state index >= 15 is 0 Å². The number of hydrogen-bond donors (Lipinski definition) is 0. The fourth-order valence-electron chi connectivity index (χ4n) is 4.82. The molecule has 1 saturated heterocycles. The van der Waals surface area contributed by atoms with E-state index in [9.17, 15) is 4.79 Å². The third-order valence-corrected chi connectivity index (χ3v) is 6.61. The first-order valence-corrected chi connectivity index (χ1v) is 12.0. The van der Waals surface area contributed by atoms with Crippen LogP contribution in [0.5, 0.6) is 17.2 Å². The first-order valence-electron chi connectivity index (χ1n) is 12.0. The lowest BCUT2D eigenvalue weighted by molar-refractivity contribution is 0.0955. The van der Waals surface area contributed by atoms with Crippen molar-refractivity contribution in [1.82, 2.24) is 4.90 Å². The molecule has 1 amide bonds. The van der Waals surface area contributed by atoms with E-state index in [1.54, 1.807) is 21.3 Å². The molecule has 184 valence electrons. The predicted octanol–water partition coefficient (Wildman–Crippen LogP) is 5.33. The third kappa shape index (κ3) is 5.60. The van der Waals surface area contributed by atoms with E-state index in [0.29, 0.717) is 22.8 Å². The Hall–Kier alpha value is -3.51. The number of anilines is 1. The van der Waals surface area contributed by atoms with Gasteiger partial charge in [-0.15, -0.1) is 0 Å². The first kappa shape index (κ1) is 24.6. The van der Waals surface area contributed by atoms with Crippen LogP contribution in [-0.2, 0) is 6.54 Å². The number of benzene rings is 3. The van der Waals surface area contributed by atoms with Gasteiger partial charge in [0.25, 0.3) is 5.91 Å². The molecule has 0 bridgehead atoms. The highest BCUT2D eigenvalue weighted by atomic mass is 16.5. The molecule has 4 rings (SSSR count). The second-order valence-corrected chi connectivity index (χ2v) is 8.91. The van der Waals surface area contributed by atoms with Gasteiger partial charge in [-0.3, -0.25) is 9.69 Å². The highest BCUT2D eigenvalue weighted by Crippen LogP contribution is 2.35. The zero-order valence-electron chi connectivity index (χ0n) is 21.0. The van der Waals surface area contributed by atoms with Crippen molar-refractivity contribution in [3.05, 3.63) is 83.4 Å². The van der Waals surface area contributed by atoms with E-state index in [0.717, 1.165) is 38.2 Å². The molecular weight excluding hydrogens is 440 g/mol. The SMILES string of the molecule is COc1ccc(N(C(=O)c2ccccc2OC)C2CCN(Cc3cccc(C)c3)CC2)cc1OC. The summed E-state index contributed by atoms with van der Waals surface area (Å²) in [5.41, 5.74) is 3.94. The number of rotatable bonds is 8. The summed E-state index contributed by atoms with van der Waals surface area (Å²) in [6.07, 6.45) is 1.75. The fourth-order valence-corrected chi connectivity index (χ4v) is 4.82. The van der Waals surface area contributed by atoms with E-state index in [-0.39, 0.29) is 11.9 Å². The van der Waals surface area contributed by atoms with Crippen molar-refractivity contribution in [3.8, 4) is 17.2 Å². The molecule has 0 aromatic heterocycles. The number of carbonyl (C=O) groups is 1. The van der Waals surface area contributed by atoms with Gasteiger partial charge in [-0.1, -0.05) is 42.0 Å². The van der Waals surface area contributed by atoms with Gasteiger partial charge in [0.1, 0.15) is 5.75 Å². The zero-order chi connectivity index (χ0) is 24.8. The molecule has 6 nitrogen and oxygen atoms in total. The normalized spacial score (nSPS) is 14.4. The van der Waals surface area contributed by atoms with Crippen molar-refractivity contribution < 1.29 is 19.0 Å². The molecule has 3 aromatic carbocycles. The van der Waals surface area contributed by atoms with Crippen LogP contribution in [0.4, 0.5) is 5.69 Å². The number of methoxy groups -OCH3 is 3. The van der Waals surface area contributed by atoms with Crippen LogP contribution in [0.15, 0.2) is 66.7 Å². The van der Waals surface area contributed by atoms with Gasteiger partial charge in [-0.05, 0) is 49.6 Å². The first-order chi connectivity index (χ1) is 17.0. The molecule has 1 aliphatic heterocycles. The van der Waals surface area contributed by atoms with Gasteiger partial charge in [0.15, 0.2) is 11.5 Å². The van der Waals surface area contributed by atoms with E-state index in [1.807, 2.05) is 47.4 Å². The number of para-hydroxylation sites is 1. The highest BCUT2D eigenvalue weighted by Gasteiger charge is 2.31. The van der Waals surface area contributed by atoms with Crippen LogP contribution in [0.3, 0.4) is 0 Å². The van der Waals surface area contributed by atoms with Crippen LogP contribution in [-0.4, -0.2) is 51.3 Å². The summed E-state index contributed by atoms with van der Waals surface area (Å²) < 4.78 is 16.5. The zero-order valence-corrected chi connectivity index (χ0v) is 21.0. The number of nitrogens with zero attached hydrogens (tertiary/aromatic N) is 2. The van der Waals surface area contributed by atoms with Crippen LogP contribution >= 0.6 is 0 Å². The summed E-state index contributed by atoms with van der Waals surface area (Å²) in [7, 11) is 4.81. The van der Waals surface area contributed by atoms with Gasteiger partial charge in [-0.25, -0.2) is 0 Å². The van der Waals surface area contributed by atoms with Crippen molar-refractivity contribution in [2.45, 2.75) is 32.4 Å². The quantitative estimate of drug-likeness (QED) is 0.442. The van der Waals surface area contributed by atoms with E-state index in [2.05, 4.69) is 36.1 Å². The molecule has 0 N–H and O–H groups in total. The Morgan fingerprint density at radius 2 is 1.57 bits per heavy atom. The fraction of sp³-hybridized carbons (Fsp3) is 0.345. The average Bonchev–Trinajstić information content (AvgIpc) is 2.89. The number of ether oxygens (including phenoxy) is 3. The van der Waals surface area contributed by atoms with Gasteiger partial charge in [0.05, 0.1) is 26.9 Å². The van der Waals surface area contributed by atoms with Gasteiger partial charge in [-0.2, -0.15) is 0 Å². The van der Waals surface area contributed by atoms with Gasteiger partial charge in [0.2, 0.25) is 0 Å². The molecule has 0 spiro atoms. The smallest absolute Gasteiger partial charge is 0.262 e. The minimum Gasteiger partial charge on any atom is -0.496 e. The molecular formula is C29H34N2O4. The maximum Gasteiger partial charge on any atom is 0.262 e. The second kappa shape index (κ2) is 11.3. The Morgan fingerprint density at radius 3 is 2.26 bits per heavy atom. The molecule has 0 radical (unpaired) electrons. The topological polar surface area (TPSA) is 51.2 Å². The standard InChI is InChI=1S/C29H34N2O4/c1-21-8-7-9-22(18-21)20-30-16-14-23(15-17-30)31(24-12-13-27(34-3)28(19-24)35-4)29(32)25-10-5-6-11-26(25)33-2/h5-13,18-19,23H,14-17,20H2,1-4H3. The molecule has 1 aliphatic rings. The van der Waals surface area contributed by atoms with Crippen LogP contribution in [0, 0.1) is 6.92 Å². The Balaban J connectivity index is 1.60. The maximum absolute atomic E-state index is 13.9. The molecule has 0 aliphatic carbocycles. The molecule has 6 heteroatoms. The van der Waals surface area contributed by atoms with E-state index in [1.165, 1.54) is 11.1 Å². The third-order valence-electron chi connectivity index (χ3n) is 6.61. The lowest BCUT2D eigenvalue weighted by atomic mass is 9.99. The summed E-state index contributed by atoms with van der Waals surface area (Å²) in [6.45, 7) is 4.88. The molecule has 1 fully saturated rings. The summed E-state index contributed by atoms with van der Waals surface area (Å²) >= 11 is 0. The lowest BCUT2D eigenvalue weighted by Gasteiger charge is -2.39. The Kier molecular flexibility index (Phi) is 7.93. The summed E-state index contributed by atoms with van der Waals surface area (Å²) in [4.78, 5) is 18.3. The van der Waals surface area contributed by atoms with E-state index < -0.39 is 0 Å². The highest BCUT2D eigenvalue weighted by molar-refractivity contribution is 6.08. The van der Waals surface area contributed by atoms with Crippen molar-refractivity contribution >= 4 is 11.6 Å². The Bertz CT molecular complexity index is 1150. The molecule has 35 heavy (non-hydrogen) atoms. The van der Waals surface area contributed by atoms with Crippen molar-refractivity contribution in [2.75, 3.05) is 39.3 Å². The van der Waals surface area contributed by atoms with Gasteiger partial charge in [0, 0.05) is 37.4 Å². The molecule has 1 heterocycles. The van der Waals surface area contributed by atoms with Crippen LogP contribution < -0.4 is 19.1 Å². The van der Waals surface area contributed by atoms with Gasteiger partial charge >= 0.3 is 0 Å². The predicted molar refractivity (Wildman–Crippen MR) is 139 cm³/mol. The second-order valence-electron chi connectivity index (χ2n) is 8.91. The molecule has 0 saturated carbocycles. The van der Waals surface area contributed by atoms with Crippen LogP contribution in [0.25, 0.3) is 0 Å². The number of amides is 1. The Morgan fingerprint density at radius 1 is 0.857 bits per heavy atom. The van der Waals surface area contributed by atoms with Crippen molar-refractivity contribution in [3.63, 3.8) is 0 Å². The Labute approximate surface area is 208 Å².